The van der Waals surface area contributed by atoms with Gasteiger partial charge < -0.3 is 15.4 Å². The minimum atomic E-state index is -0.269. The molecule has 2 aromatic carbocycles. The average Bonchev–Trinajstić information content (AvgIpc) is 2.70. The Hall–Kier alpha value is -3.41. The first kappa shape index (κ1) is 19.4. The largest absolute Gasteiger partial charge is 0.495 e. The fourth-order valence-corrected chi connectivity index (χ4v) is 2.77. The molecular weight excluding hydrogens is 357 g/mol. The zero-order chi connectivity index (χ0) is 19.9. The first-order chi connectivity index (χ1) is 13.5. The summed E-state index contributed by atoms with van der Waals surface area (Å²) in [4.78, 5) is 16.7. The number of nitrogens with one attached hydrogen (secondary N) is 2. The zero-order valence-corrected chi connectivity index (χ0v) is 15.8. The number of benzene rings is 2. The van der Waals surface area contributed by atoms with E-state index in [2.05, 4.69) is 15.6 Å². The number of aryl methyl sites for hydroxylation is 1. The fourth-order valence-electron chi connectivity index (χ4n) is 2.77. The molecule has 2 N–H and O–H groups in total. The van der Waals surface area contributed by atoms with Crippen molar-refractivity contribution in [1.82, 2.24) is 10.3 Å². The van der Waals surface area contributed by atoms with Crippen molar-refractivity contribution >= 4 is 17.4 Å². The van der Waals surface area contributed by atoms with Crippen molar-refractivity contribution < 1.29 is 13.9 Å². The summed E-state index contributed by atoms with van der Waals surface area (Å²) in [7, 11) is 1.61. The van der Waals surface area contributed by atoms with Gasteiger partial charge in [0.25, 0.3) is 5.91 Å². The second-order valence-corrected chi connectivity index (χ2v) is 6.39. The van der Waals surface area contributed by atoms with Crippen molar-refractivity contribution in [3.63, 3.8) is 0 Å². The van der Waals surface area contributed by atoms with Crippen LogP contribution < -0.4 is 15.4 Å². The molecule has 3 aromatic rings. The summed E-state index contributed by atoms with van der Waals surface area (Å²) in [6.07, 6.45) is 2.21. The third-order valence-corrected chi connectivity index (χ3v) is 4.25. The van der Waals surface area contributed by atoms with E-state index in [1.165, 1.54) is 12.1 Å². The molecule has 1 heterocycles. The van der Waals surface area contributed by atoms with Crippen molar-refractivity contribution in [3.8, 4) is 5.75 Å². The number of pyridine rings is 1. The number of halogens is 1. The average molecular weight is 379 g/mol. The monoisotopic (exact) mass is 379 g/mol. The van der Waals surface area contributed by atoms with Gasteiger partial charge >= 0.3 is 0 Å². The summed E-state index contributed by atoms with van der Waals surface area (Å²) < 4.78 is 18.3. The van der Waals surface area contributed by atoms with Gasteiger partial charge in [0.2, 0.25) is 0 Å². The minimum absolute atomic E-state index is 0.191. The fraction of sp³-hybridized carbons (Fsp3) is 0.182. The summed E-state index contributed by atoms with van der Waals surface area (Å²) in [6, 6.07) is 15.4. The molecule has 1 amide bonds. The minimum Gasteiger partial charge on any atom is -0.495 e. The maximum Gasteiger partial charge on any atom is 0.251 e. The van der Waals surface area contributed by atoms with Gasteiger partial charge in [-0.2, -0.15) is 0 Å². The van der Waals surface area contributed by atoms with Crippen molar-refractivity contribution in [1.29, 1.82) is 0 Å². The van der Waals surface area contributed by atoms with Crippen LogP contribution in [0.15, 0.2) is 60.8 Å². The van der Waals surface area contributed by atoms with E-state index in [1.807, 2.05) is 25.1 Å². The van der Waals surface area contributed by atoms with E-state index in [-0.39, 0.29) is 11.7 Å². The van der Waals surface area contributed by atoms with E-state index < -0.39 is 0 Å². The summed E-state index contributed by atoms with van der Waals surface area (Å²) in [5.41, 5.74) is 3.33. The van der Waals surface area contributed by atoms with Crippen LogP contribution in [0.2, 0.25) is 0 Å². The van der Waals surface area contributed by atoms with Gasteiger partial charge in [-0.1, -0.05) is 18.2 Å². The maximum atomic E-state index is 12.9. The van der Waals surface area contributed by atoms with E-state index >= 15 is 0 Å². The van der Waals surface area contributed by atoms with Gasteiger partial charge in [0.1, 0.15) is 17.4 Å². The number of hydrogen-bond acceptors (Lipinski definition) is 4. The van der Waals surface area contributed by atoms with Gasteiger partial charge in [-0.05, 0) is 60.9 Å². The van der Waals surface area contributed by atoms with E-state index in [0.717, 1.165) is 16.8 Å². The predicted octanol–water partition coefficient (Wildman–Crippen LogP) is 4.25. The van der Waals surface area contributed by atoms with Crippen LogP contribution in [0.4, 0.5) is 15.9 Å². The van der Waals surface area contributed by atoms with Crippen LogP contribution in [0.1, 0.15) is 21.5 Å². The Morgan fingerprint density at radius 1 is 1.11 bits per heavy atom. The van der Waals surface area contributed by atoms with Gasteiger partial charge in [0, 0.05) is 18.3 Å². The number of carbonyl (C=O) groups excluding carboxylic acids is 1. The first-order valence-electron chi connectivity index (χ1n) is 8.95. The number of nitrogens with zero attached hydrogens (tertiary/aromatic N) is 1. The molecular formula is C22H22FN3O2. The number of ether oxygens (including phenoxy) is 1. The third-order valence-electron chi connectivity index (χ3n) is 4.25. The molecule has 0 saturated heterocycles. The Morgan fingerprint density at radius 2 is 1.89 bits per heavy atom. The Labute approximate surface area is 163 Å². The number of rotatable bonds is 7. The Kier molecular flexibility index (Phi) is 6.22. The number of carbonyl (C=O) groups is 1. The molecule has 0 unspecified atom stereocenters. The summed E-state index contributed by atoms with van der Waals surface area (Å²) in [6.45, 7) is 2.45. The zero-order valence-electron chi connectivity index (χ0n) is 15.8. The lowest BCUT2D eigenvalue weighted by atomic mass is 10.1. The molecule has 3 rings (SSSR count). The first-order valence-corrected chi connectivity index (χ1v) is 8.95. The lowest BCUT2D eigenvalue weighted by Gasteiger charge is -2.12. The molecule has 0 spiro atoms. The van der Waals surface area contributed by atoms with Crippen molar-refractivity contribution in [2.75, 3.05) is 19.0 Å². The molecule has 0 atom stereocenters. The second-order valence-electron chi connectivity index (χ2n) is 6.39. The smallest absolute Gasteiger partial charge is 0.251 e. The summed E-state index contributed by atoms with van der Waals surface area (Å²) in [5.74, 6) is 0.787. The molecule has 1 aromatic heterocycles. The highest BCUT2D eigenvalue weighted by molar-refractivity contribution is 5.95. The van der Waals surface area contributed by atoms with Gasteiger partial charge in [-0.15, -0.1) is 0 Å². The summed E-state index contributed by atoms with van der Waals surface area (Å²) >= 11 is 0. The molecule has 0 aliphatic carbocycles. The molecule has 0 fully saturated rings. The number of hydrogen-bond donors (Lipinski definition) is 2. The van der Waals surface area contributed by atoms with Crippen LogP contribution in [0.25, 0.3) is 0 Å². The van der Waals surface area contributed by atoms with Crippen LogP contribution in [0.5, 0.6) is 5.75 Å². The van der Waals surface area contributed by atoms with Crippen LogP contribution in [0.3, 0.4) is 0 Å². The molecule has 0 saturated carbocycles. The predicted molar refractivity (Wildman–Crippen MR) is 108 cm³/mol. The van der Waals surface area contributed by atoms with Crippen LogP contribution in [-0.4, -0.2) is 24.5 Å². The second kappa shape index (κ2) is 8.99. The van der Waals surface area contributed by atoms with E-state index in [9.17, 15) is 9.18 Å². The maximum absolute atomic E-state index is 12.9. The third kappa shape index (κ3) is 5.07. The lowest BCUT2D eigenvalue weighted by Crippen LogP contribution is -2.25. The molecule has 6 heteroatoms. The number of aromatic nitrogens is 1. The molecule has 144 valence electrons. The number of anilines is 2. The van der Waals surface area contributed by atoms with E-state index in [0.29, 0.717) is 30.1 Å². The standard InChI is InChI=1S/C22H22FN3O2/c1-15-3-8-20(28-2)19(13-15)26-21-14-17(10-12-24-21)22(27)25-11-9-16-4-6-18(23)7-5-16/h3-8,10,12-14H,9,11H2,1-2H3,(H,24,26)(H,25,27). The molecule has 28 heavy (non-hydrogen) atoms. The number of amides is 1. The lowest BCUT2D eigenvalue weighted by molar-refractivity contribution is 0.0954. The highest BCUT2D eigenvalue weighted by Gasteiger charge is 2.09. The quantitative estimate of drug-likeness (QED) is 0.644. The van der Waals surface area contributed by atoms with Crippen molar-refractivity contribution in [2.24, 2.45) is 0 Å². The topological polar surface area (TPSA) is 63.2 Å². The normalized spacial score (nSPS) is 10.4. The van der Waals surface area contributed by atoms with Gasteiger partial charge in [-0.3, -0.25) is 4.79 Å². The molecule has 0 aliphatic heterocycles. The van der Waals surface area contributed by atoms with Crippen molar-refractivity contribution in [2.45, 2.75) is 13.3 Å². The van der Waals surface area contributed by atoms with Gasteiger partial charge in [-0.25, -0.2) is 9.37 Å². The van der Waals surface area contributed by atoms with Crippen molar-refractivity contribution in [3.05, 3.63) is 83.3 Å². The summed E-state index contributed by atoms with van der Waals surface area (Å²) in [5, 5.41) is 6.07. The Morgan fingerprint density at radius 3 is 2.64 bits per heavy atom. The molecule has 0 radical (unpaired) electrons. The molecule has 5 nitrogen and oxygen atoms in total. The van der Waals surface area contributed by atoms with Gasteiger partial charge in [0.15, 0.2) is 0 Å². The Balaban J connectivity index is 1.63. The van der Waals surface area contributed by atoms with Crippen LogP contribution in [-0.2, 0) is 6.42 Å². The highest BCUT2D eigenvalue weighted by Crippen LogP contribution is 2.28. The highest BCUT2D eigenvalue weighted by atomic mass is 19.1. The van der Waals surface area contributed by atoms with E-state index in [4.69, 9.17) is 4.74 Å². The Bertz CT molecular complexity index is 958. The van der Waals surface area contributed by atoms with Crippen LogP contribution in [0, 0.1) is 12.7 Å². The van der Waals surface area contributed by atoms with Gasteiger partial charge in [0.05, 0.1) is 12.8 Å². The molecule has 0 bridgehead atoms. The number of methoxy groups -OCH3 is 1. The molecule has 0 aliphatic rings. The van der Waals surface area contributed by atoms with Crippen LogP contribution >= 0.6 is 0 Å². The SMILES string of the molecule is COc1ccc(C)cc1Nc1cc(C(=O)NCCc2ccc(F)cc2)ccn1. The van der Waals surface area contributed by atoms with E-state index in [1.54, 1.807) is 37.6 Å².